The van der Waals surface area contributed by atoms with Crippen molar-refractivity contribution >= 4 is 55.5 Å². The molecule has 0 radical (unpaired) electrons. The SMILES string of the molecule is O=C1NCc2c1c1c3cc(CNNc4ncc[nH]4)ccc3n3c1c1c2c2ccccc2n1CC(O)C(O)C3. The normalized spacial score (nSPS) is 18.9. The average molecular weight is 508 g/mol. The van der Waals surface area contributed by atoms with Gasteiger partial charge in [0.25, 0.3) is 5.91 Å². The highest BCUT2D eigenvalue weighted by molar-refractivity contribution is 6.30. The van der Waals surface area contributed by atoms with Crippen LogP contribution in [0, 0.1) is 0 Å². The molecule has 6 aromatic rings. The van der Waals surface area contributed by atoms with Gasteiger partial charge in [-0.05, 0) is 29.3 Å². The third-order valence-corrected chi connectivity index (χ3v) is 8.01. The molecular formula is C28H25N7O3. The lowest BCUT2D eigenvalue weighted by Gasteiger charge is -2.24. The summed E-state index contributed by atoms with van der Waals surface area (Å²) in [7, 11) is 0. The summed E-state index contributed by atoms with van der Waals surface area (Å²) in [5.74, 6) is 0.543. The number of nitrogens with zero attached hydrogens (tertiary/aromatic N) is 3. The Hall–Kier alpha value is -4.38. The van der Waals surface area contributed by atoms with E-state index in [-0.39, 0.29) is 19.0 Å². The summed E-state index contributed by atoms with van der Waals surface area (Å²) >= 11 is 0. The number of amides is 1. The van der Waals surface area contributed by atoms with Gasteiger partial charge in [-0.2, -0.15) is 0 Å². The first-order valence-electron chi connectivity index (χ1n) is 12.7. The van der Waals surface area contributed by atoms with E-state index in [0.29, 0.717) is 24.6 Å². The van der Waals surface area contributed by atoms with Crippen molar-refractivity contribution in [2.24, 2.45) is 0 Å². The third-order valence-electron chi connectivity index (χ3n) is 8.01. The van der Waals surface area contributed by atoms with Crippen LogP contribution < -0.4 is 16.2 Å². The molecule has 190 valence electrons. The Morgan fingerprint density at radius 1 is 0.974 bits per heavy atom. The molecule has 0 fully saturated rings. The number of anilines is 1. The zero-order chi connectivity index (χ0) is 25.5. The summed E-state index contributed by atoms with van der Waals surface area (Å²) in [5, 5.41) is 29.0. The molecule has 0 spiro atoms. The average Bonchev–Trinajstić information content (AvgIpc) is 3.69. The van der Waals surface area contributed by atoms with Crippen LogP contribution in [0.1, 0.15) is 21.5 Å². The van der Waals surface area contributed by atoms with Crippen LogP contribution in [0.4, 0.5) is 5.95 Å². The van der Waals surface area contributed by atoms with E-state index in [1.54, 1.807) is 12.4 Å². The molecule has 2 aliphatic heterocycles. The highest BCUT2D eigenvalue weighted by atomic mass is 16.3. The Balaban J connectivity index is 1.45. The molecule has 0 saturated heterocycles. The van der Waals surface area contributed by atoms with Crippen LogP contribution in [-0.2, 0) is 26.2 Å². The molecule has 1 amide bonds. The standard InChI is InChI=1S/C28H25N7O3/c36-20-12-34-18-4-2-1-3-15(18)22-17-11-31-27(38)24(17)23-16-9-14(10-32-33-28-29-7-8-30-28)5-6-19(16)35(13-21(20)37)26(23)25(22)34/h1-9,20-21,32,36-37H,10-13H2,(H,31,38)(H2,29,30,33). The van der Waals surface area contributed by atoms with Crippen molar-refractivity contribution in [3.63, 3.8) is 0 Å². The molecule has 2 aliphatic rings. The molecule has 38 heavy (non-hydrogen) atoms. The van der Waals surface area contributed by atoms with Crippen molar-refractivity contribution in [2.45, 2.75) is 38.4 Å². The predicted octanol–water partition coefficient (Wildman–Crippen LogP) is 2.72. The summed E-state index contributed by atoms with van der Waals surface area (Å²) in [6, 6.07) is 14.3. The van der Waals surface area contributed by atoms with Crippen molar-refractivity contribution < 1.29 is 15.0 Å². The molecule has 10 heteroatoms. The van der Waals surface area contributed by atoms with E-state index in [2.05, 4.69) is 47.4 Å². The number of carbonyl (C=O) groups is 1. The Morgan fingerprint density at radius 2 is 1.74 bits per heavy atom. The number of H-pyrrole nitrogens is 1. The number of nitrogens with one attached hydrogen (secondary N) is 4. The van der Waals surface area contributed by atoms with Crippen molar-refractivity contribution in [3.05, 3.63) is 71.5 Å². The number of hydrogen-bond donors (Lipinski definition) is 6. The molecule has 3 aromatic carbocycles. The second-order valence-electron chi connectivity index (χ2n) is 10.1. The molecule has 0 saturated carbocycles. The summed E-state index contributed by atoms with van der Waals surface area (Å²) in [6.07, 6.45) is 1.53. The topological polar surface area (TPSA) is 132 Å². The summed E-state index contributed by atoms with van der Waals surface area (Å²) in [5.41, 5.74) is 12.8. The number of aromatic amines is 1. The molecule has 3 aromatic heterocycles. The predicted molar refractivity (Wildman–Crippen MR) is 145 cm³/mol. The first-order chi connectivity index (χ1) is 18.6. The zero-order valence-electron chi connectivity index (χ0n) is 20.3. The summed E-state index contributed by atoms with van der Waals surface area (Å²) < 4.78 is 4.20. The number of carbonyl (C=O) groups excluding carboxylic acids is 1. The van der Waals surface area contributed by atoms with Gasteiger partial charge in [-0.1, -0.05) is 24.3 Å². The van der Waals surface area contributed by atoms with Crippen molar-refractivity contribution in [1.29, 1.82) is 0 Å². The number of hydrogen-bond acceptors (Lipinski definition) is 6. The zero-order valence-corrected chi connectivity index (χ0v) is 20.3. The summed E-state index contributed by atoms with van der Waals surface area (Å²) in [4.78, 5) is 20.5. The molecule has 2 unspecified atom stereocenters. The second kappa shape index (κ2) is 7.81. The monoisotopic (exact) mass is 507 g/mol. The highest BCUT2D eigenvalue weighted by Gasteiger charge is 2.34. The Bertz CT molecular complexity index is 1920. The minimum Gasteiger partial charge on any atom is -0.388 e. The summed E-state index contributed by atoms with van der Waals surface area (Å²) in [6.45, 7) is 1.49. The fourth-order valence-corrected chi connectivity index (χ4v) is 6.39. The minimum atomic E-state index is -0.959. The van der Waals surface area contributed by atoms with Gasteiger partial charge in [0, 0.05) is 58.1 Å². The van der Waals surface area contributed by atoms with E-state index >= 15 is 0 Å². The lowest BCUT2D eigenvalue weighted by atomic mass is 9.96. The maximum Gasteiger partial charge on any atom is 0.252 e. The molecule has 8 rings (SSSR count). The van der Waals surface area contributed by atoms with Gasteiger partial charge in [0.15, 0.2) is 0 Å². The van der Waals surface area contributed by atoms with Crippen LogP contribution in [0.15, 0.2) is 54.9 Å². The lowest BCUT2D eigenvalue weighted by molar-refractivity contribution is 0.00168. The van der Waals surface area contributed by atoms with Gasteiger partial charge in [-0.25, -0.2) is 10.4 Å². The number of para-hydroxylation sites is 1. The highest BCUT2D eigenvalue weighted by Crippen LogP contribution is 2.45. The molecule has 2 atom stereocenters. The fourth-order valence-electron chi connectivity index (χ4n) is 6.39. The van der Waals surface area contributed by atoms with Crippen LogP contribution >= 0.6 is 0 Å². The van der Waals surface area contributed by atoms with Gasteiger partial charge in [0.05, 0.1) is 41.9 Å². The van der Waals surface area contributed by atoms with Gasteiger partial charge in [-0.15, -0.1) is 0 Å². The Labute approximate surface area is 215 Å². The maximum atomic E-state index is 13.3. The van der Waals surface area contributed by atoms with E-state index in [9.17, 15) is 15.0 Å². The van der Waals surface area contributed by atoms with E-state index in [1.165, 1.54) is 0 Å². The number of aromatic nitrogens is 4. The number of fused-ring (bicyclic) bond motifs is 9. The van der Waals surface area contributed by atoms with Crippen molar-refractivity contribution in [3.8, 4) is 0 Å². The van der Waals surface area contributed by atoms with E-state index in [0.717, 1.165) is 54.7 Å². The maximum absolute atomic E-state index is 13.3. The van der Waals surface area contributed by atoms with Crippen LogP contribution in [0.3, 0.4) is 0 Å². The van der Waals surface area contributed by atoms with Gasteiger partial charge in [0.2, 0.25) is 5.95 Å². The number of imidazole rings is 1. The quantitative estimate of drug-likeness (QED) is 0.203. The van der Waals surface area contributed by atoms with E-state index in [1.807, 2.05) is 30.3 Å². The van der Waals surface area contributed by atoms with Crippen LogP contribution in [0.25, 0.3) is 43.6 Å². The van der Waals surface area contributed by atoms with Gasteiger partial charge >= 0.3 is 0 Å². The van der Waals surface area contributed by atoms with Gasteiger partial charge in [-0.3, -0.25) is 10.2 Å². The second-order valence-corrected chi connectivity index (χ2v) is 10.1. The largest absolute Gasteiger partial charge is 0.388 e. The Kier molecular flexibility index (Phi) is 4.46. The first kappa shape index (κ1) is 21.7. The third kappa shape index (κ3) is 2.87. The number of aliphatic hydroxyl groups is 2. The molecule has 6 N–H and O–H groups in total. The van der Waals surface area contributed by atoms with Crippen molar-refractivity contribution in [2.75, 3.05) is 5.43 Å². The molecule has 5 heterocycles. The van der Waals surface area contributed by atoms with E-state index in [4.69, 9.17) is 0 Å². The molecule has 0 bridgehead atoms. The van der Waals surface area contributed by atoms with E-state index < -0.39 is 12.2 Å². The fraction of sp³-hybridized carbons (Fsp3) is 0.214. The van der Waals surface area contributed by atoms with Crippen LogP contribution in [-0.4, -0.2) is 47.4 Å². The Morgan fingerprint density at radius 3 is 2.53 bits per heavy atom. The number of benzene rings is 3. The molecule has 10 nitrogen and oxygen atoms in total. The first-order valence-corrected chi connectivity index (χ1v) is 12.7. The van der Waals surface area contributed by atoms with Crippen LogP contribution in [0.5, 0.6) is 0 Å². The molecular weight excluding hydrogens is 482 g/mol. The minimum absolute atomic E-state index is 0.0802. The van der Waals surface area contributed by atoms with Gasteiger partial charge < -0.3 is 29.6 Å². The smallest absolute Gasteiger partial charge is 0.252 e. The number of rotatable bonds is 4. The number of aliphatic hydroxyl groups excluding tert-OH is 2. The van der Waals surface area contributed by atoms with Gasteiger partial charge in [0.1, 0.15) is 0 Å². The van der Waals surface area contributed by atoms with Crippen molar-refractivity contribution in [1.82, 2.24) is 29.8 Å². The number of hydrazine groups is 1. The molecule has 0 aliphatic carbocycles. The van der Waals surface area contributed by atoms with Crippen LogP contribution in [0.2, 0.25) is 0 Å². The lowest BCUT2D eigenvalue weighted by Crippen LogP contribution is -2.35.